The first kappa shape index (κ1) is 22.3. The molecule has 1 amide bonds. The topological polar surface area (TPSA) is 79.0 Å². The Labute approximate surface area is 178 Å². The maximum absolute atomic E-state index is 13.2. The highest BCUT2D eigenvalue weighted by Crippen LogP contribution is 2.26. The molecule has 2 aromatic carbocycles. The summed E-state index contributed by atoms with van der Waals surface area (Å²) in [5.41, 5.74) is 3.30. The Morgan fingerprint density at radius 3 is 2.10 bits per heavy atom. The number of carbonyl (C=O) groups is 1. The van der Waals surface area contributed by atoms with Gasteiger partial charge >= 0.3 is 0 Å². The van der Waals surface area contributed by atoms with Crippen LogP contribution in [0.5, 0.6) is 5.75 Å². The van der Waals surface area contributed by atoms with Gasteiger partial charge in [-0.05, 0) is 56.2 Å². The summed E-state index contributed by atoms with van der Waals surface area (Å²) in [6.07, 6.45) is 0. The van der Waals surface area contributed by atoms with E-state index in [4.69, 9.17) is 4.74 Å². The summed E-state index contributed by atoms with van der Waals surface area (Å²) in [6, 6.07) is 10.9. The van der Waals surface area contributed by atoms with Gasteiger partial charge in [0.25, 0.3) is 0 Å². The summed E-state index contributed by atoms with van der Waals surface area (Å²) < 4.78 is 33.0. The number of hydrogen-bond donors (Lipinski definition) is 1. The molecule has 0 atom stereocenters. The Hall–Kier alpha value is -2.42. The van der Waals surface area contributed by atoms with E-state index in [0.717, 1.165) is 22.4 Å². The highest BCUT2D eigenvalue weighted by molar-refractivity contribution is 7.89. The van der Waals surface area contributed by atoms with Gasteiger partial charge in [0.15, 0.2) is 0 Å². The quantitative estimate of drug-likeness (QED) is 0.761. The molecule has 2 aromatic rings. The lowest BCUT2D eigenvalue weighted by Gasteiger charge is -2.34. The van der Waals surface area contributed by atoms with Gasteiger partial charge in [0.2, 0.25) is 15.9 Å². The largest absolute Gasteiger partial charge is 0.497 e. The first-order valence-electron chi connectivity index (χ1n) is 9.95. The van der Waals surface area contributed by atoms with Gasteiger partial charge in [-0.15, -0.1) is 0 Å². The third kappa shape index (κ3) is 5.00. The molecule has 0 spiro atoms. The summed E-state index contributed by atoms with van der Waals surface area (Å²) in [7, 11) is -1.96. The second kappa shape index (κ2) is 9.16. The van der Waals surface area contributed by atoms with Crippen LogP contribution in [-0.2, 0) is 14.8 Å². The number of ether oxygens (including phenoxy) is 1. The van der Waals surface area contributed by atoms with E-state index < -0.39 is 10.0 Å². The number of nitrogens with one attached hydrogen (secondary N) is 1. The fourth-order valence-electron chi connectivity index (χ4n) is 3.91. The standard InChI is InChI=1S/C22H29N3O4S/c1-16-13-17(2)22(18(3)14-16)30(27,28)25-11-9-24(10-12-25)15-21(26)23-19-5-7-20(29-4)8-6-19/h5-8,13-14H,9-12,15H2,1-4H3,(H,23,26). The van der Waals surface area contributed by atoms with Crippen LogP contribution in [0.25, 0.3) is 0 Å². The van der Waals surface area contributed by atoms with Crippen LogP contribution in [0.3, 0.4) is 0 Å². The van der Waals surface area contributed by atoms with Crippen molar-refractivity contribution >= 4 is 21.6 Å². The van der Waals surface area contributed by atoms with Gasteiger partial charge in [-0.3, -0.25) is 9.69 Å². The van der Waals surface area contributed by atoms with E-state index in [1.165, 1.54) is 4.31 Å². The molecule has 0 aromatic heterocycles. The summed E-state index contributed by atoms with van der Waals surface area (Å²) in [5.74, 6) is 0.603. The minimum absolute atomic E-state index is 0.123. The molecule has 1 aliphatic rings. The molecule has 1 aliphatic heterocycles. The summed E-state index contributed by atoms with van der Waals surface area (Å²) in [4.78, 5) is 14.7. The molecule has 1 fully saturated rings. The van der Waals surface area contributed by atoms with Gasteiger partial charge in [0.1, 0.15) is 5.75 Å². The average molecular weight is 432 g/mol. The number of rotatable bonds is 6. The molecule has 1 heterocycles. The van der Waals surface area contributed by atoms with Gasteiger partial charge in [-0.2, -0.15) is 4.31 Å². The van der Waals surface area contributed by atoms with Gasteiger partial charge in [-0.1, -0.05) is 17.7 Å². The molecule has 0 aliphatic carbocycles. The first-order valence-corrected chi connectivity index (χ1v) is 11.4. The van der Waals surface area contributed by atoms with Crippen LogP contribution in [0.4, 0.5) is 5.69 Å². The number of aryl methyl sites for hydroxylation is 3. The molecule has 162 valence electrons. The molecule has 8 heteroatoms. The van der Waals surface area contributed by atoms with E-state index in [-0.39, 0.29) is 12.5 Å². The molecule has 1 N–H and O–H groups in total. The van der Waals surface area contributed by atoms with Crippen LogP contribution in [0.1, 0.15) is 16.7 Å². The second-order valence-electron chi connectivity index (χ2n) is 7.68. The highest BCUT2D eigenvalue weighted by atomic mass is 32.2. The van der Waals surface area contributed by atoms with E-state index in [9.17, 15) is 13.2 Å². The smallest absolute Gasteiger partial charge is 0.243 e. The molecular weight excluding hydrogens is 402 g/mol. The Kier molecular flexibility index (Phi) is 6.80. The molecule has 0 unspecified atom stereocenters. The van der Waals surface area contributed by atoms with Crippen molar-refractivity contribution in [2.75, 3.05) is 45.2 Å². The number of methoxy groups -OCH3 is 1. The third-order valence-electron chi connectivity index (χ3n) is 5.27. The Bertz CT molecular complexity index is 988. The summed E-state index contributed by atoms with van der Waals surface area (Å²) >= 11 is 0. The number of sulfonamides is 1. The van der Waals surface area contributed by atoms with Gasteiger partial charge in [0.05, 0.1) is 18.6 Å². The molecule has 0 radical (unpaired) electrons. The Morgan fingerprint density at radius 1 is 1.00 bits per heavy atom. The van der Waals surface area contributed by atoms with Crippen molar-refractivity contribution < 1.29 is 17.9 Å². The van der Waals surface area contributed by atoms with E-state index in [1.54, 1.807) is 31.4 Å². The van der Waals surface area contributed by atoms with Gasteiger partial charge < -0.3 is 10.1 Å². The van der Waals surface area contributed by atoms with Crippen molar-refractivity contribution in [3.05, 3.63) is 53.1 Å². The van der Waals surface area contributed by atoms with E-state index in [1.807, 2.05) is 37.8 Å². The monoisotopic (exact) mass is 431 g/mol. The number of piperazine rings is 1. The van der Waals surface area contributed by atoms with Crippen molar-refractivity contribution in [3.63, 3.8) is 0 Å². The molecular formula is C22H29N3O4S. The first-order chi connectivity index (χ1) is 14.2. The molecule has 0 saturated carbocycles. The average Bonchev–Trinajstić information content (AvgIpc) is 2.68. The summed E-state index contributed by atoms with van der Waals surface area (Å²) in [6.45, 7) is 7.63. The molecule has 7 nitrogen and oxygen atoms in total. The zero-order valence-corrected chi connectivity index (χ0v) is 18.8. The lowest BCUT2D eigenvalue weighted by Crippen LogP contribution is -2.50. The van der Waals surface area contributed by atoms with Crippen molar-refractivity contribution in [1.82, 2.24) is 9.21 Å². The van der Waals surface area contributed by atoms with E-state index in [2.05, 4.69) is 5.32 Å². The molecule has 1 saturated heterocycles. The molecule has 0 bridgehead atoms. The predicted molar refractivity (Wildman–Crippen MR) is 117 cm³/mol. The van der Waals surface area contributed by atoms with E-state index >= 15 is 0 Å². The number of anilines is 1. The van der Waals surface area contributed by atoms with Gasteiger partial charge in [0, 0.05) is 31.9 Å². The van der Waals surface area contributed by atoms with Crippen LogP contribution in [0, 0.1) is 20.8 Å². The zero-order chi connectivity index (χ0) is 21.9. The Balaban J connectivity index is 1.58. The predicted octanol–water partition coefficient (Wildman–Crippen LogP) is 2.57. The minimum Gasteiger partial charge on any atom is -0.497 e. The third-order valence-corrected chi connectivity index (χ3v) is 7.48. The fraction of sp³-hybridized carbons (Fsp3) is 0.409. The van der Waals surface area contributed by atoms with Gasteiger partial charge in [-0.25, -0.2) is 8.42 Å². The maximum atomic E-state index is 13.2. The SMILES string of the molecule is COc1ccc(NC(=O)CN2CCN(S(=O)(=O)c3c(C)cc(C)cc3C)CC2)cc1. The Morgan fingerprint density at radius 2 is 1.57 bits per heavy atom. The number of carbonyl (C=O) groups excluding carboxylic acids is 1. The highest BCUT2D eigenvalue weighted by Gasteiger charge is 2.31. The van der Waals surface area contributed by atoms with Crippen molar-refractivity contribution in [2.24, 2.45) is 0 Å². The van der Waals surface area contributed by atoms with Crippen molar-refractivity contribution in [2.45, 2.75) is 25.7 Å². The zero-order valence-electron chi connectivity index (χ0n) is 17.9. The van der Waals surface area contributed by atoms with Crippen LogP contribution in [0.15, 0.2) is 41.3 Å². The van der Waals surface area contributed by atoms with Crippen molar-refractivity contribution in [1.29, 1.82) is 0 Å². The van der Waals surface area contributed by atoms with Crippen LogP contribution in [-0.4, -0.2) is 63.4 Å². The van der Waals surface area contributed by atoms with Crippen LogP contribution >= 0.6 is 0 Å². The second-order valence-corrected chi connectivity index (χ2v) is 9.56. The lowest BCUT2D eigenvalue weighted by atomic mass is 10.1. The molecule has 3 rings (SSSR count). The van der Waals surface area contributed by atoms with E-state index in [0.29, 0.717) is 36.8 Å². The minimum atomic E-state index is -3.55. The fourth-order valence-corrected chi connectivity index (χ4v) is 5.74. The normalized spacial score (nSPS) is 15.7. The summed E-state index contributed by atoms with van der Waals surface area (Å²) in [5, 5.41) is 2.86. The number of nitrogens with zero attached hydrogens (tertiary/aromatic N) is 2. The number of benzene rings is 2. The van der Waals surface area contributed by atoms with Crippen molar-refractivity contribution in [3.8, 4) is 5.75 Å². The number of hydrogen-bond acceptors (Lipinski definition) is 5. The molecule has 30 heavy (non-hydrogen) atoms. The van der Waals surface area contributed by atoms with Crippen LogP contribution < -0.4 is 10.1 Å². The van der Waals surface area contributed by atoms with Crippen LogP contribution in [0.2, 0.25) is 0 Å². The lowest BCUT2D eigenvalue weighted by molar-refractivity contribution is -0.117. The number of amides is 1. The maximum Gasteiger partial charge on any atom is 0.243 e.